The first-order chi connectivity index (χ1) is 11.7. The Labute approximate surface area is 127 Å². The van der Waals surface area contributed by atoms with E-state index >= 15 is 0 Å². The first-order valence-electron chi connectivity index (χ1n) is 7.21. The second kappa shape index (κ2) is 6.39. The Morgan fingerprint density at radius 3 is 2.68 bits per heavy atom. The Hall–Kier alpha value is -3.36. The molecule has 8 nitrogen and oxygen atoms in total. The lowest BCUT2D eigenvalue weighted by Crippen LogP contribution is -1.98. The van der Waals surface area contributed by atoms with Crippen LogP contribution in [0.25, 0.3) is 0 Å². The molecule has 0 atom stereocenters. The van der Waals surface area contributed by atoms with Crippen molar-refractivity contribution in [1.29, 1.82) is 0 Å². The first kappa shape index (κ1) is 11.3. The summed E-state index contributed by atoms with van der Waals surface area (Å²) in [6.45, 7) is 0. The molecule has 0 saturated heterocycles. The van der Waals surface area contributed by atoms with E-state index < -0.39 is 50.9 Å². The number of rotatable bonds is 5. The molecule has 112 valence electrons. The van der Waals surface area contributed by atoms with Gasteiger partial charge < -0.3 is 0 Å². The van der Waals surface area contributed by atoms with E-state index in [1.165, 1.54) is 18.2 Å². The number of hydrogen-bond donors (Lipinski definition) is 1. The van der Waals surface area contributed by atoms with Gasteiger partial charge >= 0.3 is 5.69 Å². The van der Waals surface area contributed by atoms with E-state index in [1.54, 1.807) is 0 Å². The van der Waals surface area contributed by atoms with Crippen molar-refractivity contribution in [3.05, 3.63) is 74.0 Å². The molecule has 2 aromatic carbocycles. The summed E-state index contributed by atoms with van der Waals surface area (Å²) in [5.74, 6) is -0.534. The summed E-state index contributed by atoms with van der Waals surface area (Å²) >= 11 is 0. The minimum Gasteiger partial charge on any atom is -0.272 e. The molecule has 0 spiro atoms. The summed E-state index contributed by atoms with van der Waals surface area (Å²) < 4.78 is 35.9. The monoisotopic (exact) mass is 307 g/mol. The van der Waals surface area contributed by atoms with Gasteiger partial charge in [-0.2, -0.15) is 5.10 Å². The zero-order chi connectivity index (χ0) is 18.7. The topological polar surface area (TPSA) is 111 Å². The van der Waals surface area contributed by atoms with Crippen molar-refractivity contribution in [3.8, 4) is 0 Å². The van der Waals surface area contributed by atoms with Gasteiger partial charge in [-0.05, 0) is 23.7 Å². The van der Waals surface area contributed by atoms with E-state index in [9.17, 15) is 24.6 Å². The first-order valence-corrected chi connectivity index (χ1v) is 5.71. The maximum absolute atomic E-state index is 13.1. The predicted octanol–water partition coefficient (Wildman–Crippen LogP) is 3.09. The lowest BCUT2D eigenvalue weighted by atomic mass is 10.2. The second-order valence-electron chi connectivity index (χ2n) is 3.89. The molecule has 0 saturated carbocycles. The smallest absolute Gasteiger partial charge is 0.272 e. The molecule has 0 aliphatic carbocycles. The number of anilines is 1. The molecule has 0 bridgehead atoms. The lowest BCUT2D eigenvalue weighted by Gasteiger charge is -2.01. The van der Waals surface area contributed by atoms with Crippen LogP contribution in [-0.4, -0.2) is 16.1 Å². The van der Waals surface area contributed by atoms with Crippen LogP contribution in [0.1, 0.15) is 9.68 Å². The fourth-order valence-electron chi connectivity index (χ4n) is 1.45. The van der Waals surface area contributed by atoms with Gasteiger partial charge in [0, 0.05) is 6.04 Å². The van der Waals surface area contributed by atoms with Gasteiger partial charge in [-0.25, -0.2) is 4.39 Å². The molecular formula is C13H9FN4O4. The molecule has 0 unspecified atom stereocenters. The molecule has 0 aliphatic rings. The van der Waals surface area contributed by atoms with Gasteiger partial charge in [0.15, 0.2) is 0 Å². The van der Waals surface area contributed by atoms with Gasteiger partial charge in [0.25, 0.3) is 5.69 Å². The number of nitrogens with zero attached hydrogens (tertiary/aromatic N) is 3. The summed E-state index contributed by atoms with van der Waals surface area (Å²) in [5, 5.41) is 25.6. The van der Waals surface area contributed by atoms with Crippen molar-refractivity contribution < 1.29 is 18.3 Å². The highest BCUT2D eigenvalue weighted by atomic mass is 19.1. The molecule has 1 N–H and O–H groups in total. The van der Waals surface area contributed by atoms with E-state index in [1.807, 2.05) is 0 Å². The maximum Gasteiger partial charge on any atom is 0.301 e. The Balaban J connectivity index is 2.50. The van der Waals surface area contributed by atoms with Crippen LogP contribution in [-0.2, 0) is 0 Å². The van der Waals surface area contributed by atoms with Crippen molar-refractivity contribution in [1.82, 2.24) is 0 Å². The summed E-state index contributed by atoms with van der Waals surface area (Å²) in [5.41, 5.74) is -0.394. The number of benzene rings is 2. The zero-order valence-corrected chi connectivity index (χ0v) is 10.7. The molecule has 22 heavy (non-hydrogen) atoms. The highest BCUT2D eigenvalue weighted by molar-refractivity contribution is 5.80. The molecule has 2 rings (SSSR count). The summed E-state index contributed by atoms with van der Waals surface area (Å²) in [4.78, 5) is 19.8. The minimum absolute atomic E-state index is 0.306. The molecule has 0 aliphatic heterocycles. The van der Waals surface area contributed by atoms with Crippen LogP contribution in [0, 0.1) is 26.0 Å². The van der Waals surface area contributed by atoms with Gasteiger partial charge in [-0.15, -0.1) is 0 Å². The highest BCUT2D eigenvalue weighted by Crippen LogP contribution is 2.28. The Morgan fingerprint density at radius 1 is 1.27 bits per heavy atom. The van der Waals surface area contributed by atoms with Crippen LogP contribution in [0.2, 0.25) is 0 Å². The van der Waals surface area contributed by atoms with Gasteiger partial charge in [0.1, 0.15) is 11.5 Å². The van der Waals surface area contributed by atoms with Crippen molar-refractivity contribution in [2.75, 3.05) is 5.43 Å². The number of hydrazone groups is 1. The van der Waals surface area contributed by atoms with Gasteiger partial charge in [0.2, 0.25) is 0 Å². The van der Waals surface area contributed by atoms with Crippen LogP contribution < -0.4 is 5.43 Å². The van der Waals surface area contributed by atoms with Crippen molar-refractivity contribution in [2.45, 2.75) is 0 Å². The van der Waals surface area contributed by atoms with Crippen molar-refractivity contribution in [2.24, 2.45) is 5.10 Å². The quantitative estimate of drug-likeness (QED) is 0.518. The van der Waals surface area contributed by atoms with Crippen molar-refractivity contribution in [3.63, 3.8) is 0 Å². The number of nitro benzene ring substituents is 2. The molecule has 9 heteroatoms. The van der Waals surface area contributed by atoms with Crippen molar-refractivity contribution >= 4 is 23.3 Å². The number of nitro groups is 2. The average molecular weight is 307 g/mol. The minimum atomic E-state index is -1.14. The second-order valence-corrected chi connectivity index (χ2v) is 3.89. The normalized spacial score (nSPS) is 12.5. The number of halogens is 1. The van der Waals surface area contributed by atoms with E-state index in [2.05, 4.69) is 10.5 Å². The SMILES string of the molecule is [2H]c1c([2H])c([N+](=O)[O-])c([2H])c([N+](=O)[O-])c1NN=Cc1cccc(F)c1. The fourth-order valence-corrected chi connectivity index (χ4v) is 1.45. The predicted molar refractivity (Wildman–Crippen MR) is 77.4 cm³/mol. The molecule has 0 heterocycles. The van der Waals surface area contributed by atoms with Crippen LogP contribution in [0.4, 0.5) is 21.5 Å². The number of hydrogen-bond acceptors (Lipinski definition) is 6. The fraction of sp³-hybridized carbons (Fsp3) is 0. The molecule has 0 radical (unpaired) electrons. The zero-order valence-electron chi connectivity index (χ0n) is 13.7. The summed E-state index contributed by atoms with van der Waals surface area (Å²) in [6.07, 6.45) is 1.10. The molecule has 2 aromatic rings. The third-order valence-electron chi connectivity index (χ3n) is 2.38. The Kier molecular flexibility index (Phi) is 3.29. The van der Waals surface area contributed by atoms with Crippen LogP contribution in [0.15, 0.2) is 47.5 Å². The van der Waals surface area contributed by atoms with Crippen LogP contribution in [0.3, 0.4) is 0 Å². The molecule has 0 aromatic heterocycles. The average Bonchev–Trinajstić information content (AvgIpc) is 2.51. The number of nitrogens with one attached hydrogen (secondary N) is 1. The van der Waals surface area contributed by atoms with Gasteiger partial charge in [-0.3, -0.25) is 25.7 Å². The van der Waals surface area contributed by atoms with Crippen LogP contribution in [0.5, 0.6) is 0 Å². The maximum atomic E-state index is 13.1. The van der Waals surface area contributed by atoms with E-state index in [4.69, 9.17) is 4.11 Å². The van der Waals surface area contributed by atoms with E-state index in [0.29, 0.717) is 5.56 Å². The third-order valence-corrected chi connectivity index (χ3v) is 2.38. The largest absolute Gasteiger partial charge is 0.301 e. The molecule has 0 fully saturated rings. The third kappa shape index (κ3) is 3.60. The Morgan fingerprint density at radius 2 is 2.05 bits per heavy atom. The van der Waals surface area contributed by atoms with Gasteiger partial charge in [0.05, 0.1) is 26.2 Å². The van der Waals surface area contributed by atoms with E-state index in [0.717, 1.165) is 12.3 Å². The highest BCUT2D eigenvalue weighted by Gasteiger charge is 2.18. The summed E-state index contributed by atoms with van der Waals surface area (Å²) in [6, 6.07) is 2.31. The Bertz CT molecular complexity index is 907. The molecular weight excluding hydrogens is 295 g/mol. The van der Waals surface area contributed by atoms with Crippen LogP contribution >= 0.6 is 0 Å². The lowest BCUT2D eigenvalue weighted by molar-refractivity contribution is -0.393. The van der Waals surface area contributed by atoms with E-state index in [-0.39, 0.29) is 0 Å². The molecule has 0 amide bonds. The summed E-state index contributed by atoms with van der Waals surface area (Å²) in [7, 11) is 0. The van der Waals surface area contributed by atoms with Gasteiger partial charge in [-0.1, -0.05) is 12.1 Å². The standard InChI is InChI=1S/C13H9FN4O4/c14-10-3-1-2-9(6-10)8-15-16-12-5-4-11(17(19)20)7-13(12)18(21)22/h1-8,16H/i4D,5D,7D.